The molecule has 148 valence electrons. The summed E-state index contributed by atoms with van der Waals surface area (Å²) in [6, 6.07) is 17.3. The number of hydrogen-bond acceptors (Lipinski definition) is 5. The Morgan fingerprint density at radius 3 is 2.66 bits per heavy atom. The summed E-state index contributed by atoms with van der Waals surface area (Å²) in [5.41, 5.74) is 4.31. The second kappa shape index (κ2) is 9.66. The molecule has 1 aromatic heterocycles. The van der Waals surface area contributed by atoms with Gasteiger partial charge in [0.25, 0.3) is 0 Å². The Morgan fingerprint density at radius 2 is 1.93 bits per heavy atom. The fourth-order valence-corrected chi connectivity index (χ4v) is 3.04. The average molecular weight is 387 g/mol. The number of pyridine rings is 1. The van der Waals surface area contributed by atoms with Gasteiger partial charge in [-0.1, -0.05) is 24.3 Å². The Labute approximate surface area is 171 Å². The second-order valence-electron chi connectivity index (χ2n) is 6.92. The highest BCUT2D eigenvalue weighted by Crippen LogP contribution is 2.26. The lowest BCUT2D eigenvalue weighted by atomic mass is 10.0. The summed E-state index contributed by atoms with van der Waals surface area (Å²) >= 11 is 0. The van der Waals surface area contributed by atoms with Crippen LogP contribution in [-0.2, 0) is 6.54 Å². The zero-order chi connectivity index (χ0) is 20.6. The predicted molar refractivity (Wildman–Crippen MR) is 118 cm³/mol. The molecule has 3 rings (SSSR count). The van der Waals surface area contributed by atoms with Crippen LogP contribution < -0.4 is 10.1 Å². The lowest BCUT2D eigenvalue weighted by molar-refractivity contribution is 0.104. The van der Waals surface area contributed by atoms with E-state index in [1.54, 1.807) is 31.7 Å². The first kappa shape index (κ1) is 20.3. The largest absolute Gasteiger partial charge is 0.496 e. The van der Waals surface area contributed by atoms with Crippen LogP contribution in [0, 0.1) is 0 Å². The maximum atomic E-state index is 12.8. The van der Waals surface area contributed by atoms with Gasteiger partial charge in [-0.3, -0.25) is 9.78 Å². The topological polar surface area (TPSA) is 54.5 Å². The number of aromatic nitrogens is 1. The molecule has 1 N–H and O–H groups in total. The fourth-order valence-electron chi connectivity index (χ4n) is 3.04. The van der Waals surface area contributed by atoms with Gasteiger partial charge in [-0.15, -0.1) is 0 Å². The Kier molecular flexibility index (Phi) is 6.76. The minimum Gasteiger partial charge on any atom is -0.496 e. The molecule has 1 heterocycles. The van der Waals surface area contributed by atoms with Crippen LogP contribution in [0.1, 0.15) is 21.5 Å². The number of ketones is 1. The van der Waals surface area contributed by atoms with Crippen molar-refractivity contribution < 1.29 is 9.53 Å². The van der Waals surface area contributed by atoms with Crippen molar-refractivity contribution in [2.75, 3.05) is 26.5 Å². The molecule has 0 spiro atoms. The predicted octanol–water partition coefficient (Wildman–Crippen LogP) is 4.79. The SMILES string of the molecule is COc1ccc(Nc2cccnc2)cc1C=CC(=O)c1ccccc1CN(C)C. The van der Waals surface area contributed by atoms with Crippen LogP contribution in [0.5, 0.6) is 5.75 Å². The molecule has 2 aromatic carbocycles. The van der Waals surface area contributed by atoms with E-state index in [-0.39, 0.29) is 5.78 Å². The van der Waals surface area contributed by atoms with Crippen LogP contribution in [0.4, 0.5) is 11.4 Å². The van der Waals surface area contributed by atoms with E-state index in [1.807, 2.05) is 73.6 Å². The summed E-state index contributed by atoms with van der Waals surface area (Å²) in [7, 11) is 5.60. The summed E-state index contributed by atoms with van der Waals surface area (Å²) < 4.78 is 5.46. The molecule has 0 bridgehead atoms. The summed E-state index contributed by atoms with van der Waals surface area (Å²) in [5, 5.41) is 3.30. The van der Waals surface area contributed by atoms with Gasteiger partial charge in [0, 0.05) is 29.6 Å². The van der Waals surface area contributed by atoms with Gasteiger partial charge in [-0.25, -0.2) is 0 Å². The third-order valence-electron chi connectivity index (χ3n) is 4.36. The molecule has 0 fully saturated rings. The summed E-state index contributed by atoms with van der Waals surface area (Å²) in [6.07, 6.45) is 6.88. The first-order valence-electron chi connectivity index (χ1n) is 9.37. The van der Waals surface area contributed by atoms with Crippen molar-refractivity contribution in [2.24, 2.45) is 0 Å². The number of benzene rings is 2. The first-order chi connectivity index (χ1) is 14.1. The van der Waals surface area contributed by atoms with Gasteiger partial charge in [0.15, 0.2) is 5.78 Å². The minimum atomic E-state index is -0.0323. The van der Waals surface area contributed by atoms with Gasteiger partial charge in [-0.2, -0.15) is 0 Å². The van der Waals surface area contributed by atoms with Gasteiger partial charge in [-0.05, 0) is 62.1 Å². The molecule has 0 unspecified atom stereocenters. The van der Waals surface area contributed by atoms with Crippen LogP contribution in [-0.4, -0.2) is 36.9 Å². The van der Waals surface area contributed by atoms with E-state index in [2.05, 4.69) is 10.3 Å². The average Bonchev–Trinajstić information content (AvgIpc) is 2.73. The molecular weight excluding hydrogens is 362 g/mol. The first-order valence-corrected chi connectivity index (χ1v) is 9.37. The highest BCUT2D eigenvalue weighted by Gasteiger charge is 2.10. The van der Waals surface area contributed by atoms with Crippen LogP contribution in [0.15, 0.2) is 73.1 Å². The normalized spacial score (nSPS) is 11.0. The van der Waals surface area contributed by atoms with E-state index in [0.29, 0.717) is 17.9 Å². The van der Waals surface area contributed by atoms with Crippen molar-refractivity contribution in [1.82, 2.24) is 9.88 Å². The molecular formula is C24H25N3O2. The number of anilines is 2. The summed E-state index contributed by atoms with van der Waals surface area (Å²) in [6.45, 7) is 0.712. The molecule has 29 heavy (non-hydrogen) atoms. The van der Waals surface area contributed by atoms with Gasteiger partial charge in [0.05, 0.1) is 19.0 Å². The monoisotopic (exact) mass is 387 g/mol. The molecule has 0 aliphatic rings. The number of carbonyl (C=O) groups is 1. The van der Waals surface area contributed by atoms with E-state index < -0.39 is 0 Å². The van der Waals surface area contributed by atoms with Crippen molar-refractivity contribution in [2.45, 2.75) is 6.54 Å². The zero-order valence-electron chi connectivity index (χ0n) is 16.9. The summed E-state index contributed by atoms with van der Waals surface area (Å²) in [4.78, 5) is 19.0. The minimum absolute atomic E-state index is 0.0323. The maximum Gasteiger partial charge on any atom is 0.186 e. The number of nitrogens with one attached hydrogen (secondary N) is 1. The smallest absolute Gasteiger partial charge is 0.186 e. The number of allylic oxidation sites excluding steroid dienone is 1. The summed E-state index contributed by atoms with van der Waals surface area (Å²) in [5.74, 6) is 0.669. The number of ether oxygens (including phenoxy) is 1. The van der Waals surface area contributed by atoms with Gasteiger partial charge in [0.1, 0.15) is 5.75 Å². The van der Waals surface area contributed by atoms with Crippen molar-refractivity contribution in [3.05, 3.63) is 89.8 Å². The van der Waals surface area contributed by atoms with E-state index in [4.69, 9.17) is 4.74 Å². The van der Waals surface area contributed by atoms with Crippen LogP contribution in [0.3, 0.4) is 0 Å². The molecule has 0 aliphatic heterocycles. The molecule has 0 aliphatic carbocycles. The molecule has 0 atom stereocenters. The number of methoxy groups -OCH3 is 1. The molecule has 0 saturated carbocycles. The third-order valence-corrected chi connectivity index (χ3v) is 4.36. The standard InChI is InChI=1S/C24H25N3O2/c1-27(2)17-19-7-4-5-9-22(19)23(28)12-10-18-15-20(11-13-24(18)29-3)26-21-8-6-14-25-16-21/h4-16,26H,17H2,1-3H3. The quantitative estimate of drug-likeness (QED) is 0.445. The molecule has 5 heteroatoms. The van der Waals surface area contributed by atoms with Crippen molar-refractivity contribution in [3.8, 4) is 5.75 Å². The zero-order valence-corrected chi connectivity index (χ0v) is 16.9. The lowest BCUT2D eigenvalue weighted by Crippen LogP contribution is -2.13. The number of nitrogens with zero attached hydrogens (tertiary/aromatic N) is 2. The lowest BCUT2D eigenvalue weighted by Gasteiger charge is -2.12. The van der Waals surface area contributed by atoms with Gasteiger partial charge in [0.2, 0.25) is 0 Å². The molecule has 0 saturated heterocycles. The van der Waals surface area contributed by atoms with Crippen LogP contribution in [0.25, 0.3) is 6.08 Å². The molecule has 3 aromatic rings. The molecule has 5 nitrogen and oxygen atoms in total. The van der Waals surface area contributed by atoms with Crippen molar-refractivity contribution in [1.29, 1.82) is 0 Å². The highest BCUT2D eigenvalue weighted by molar-refractivity contribution is 6.08. The van der Waals surface area contributed by atoms with Crippen molar-refractivity contribution in [3.63, 3.8) is 0 Å². The molecule has 0 radical (unpaired) electrons. The second-order valence-corrected chi connectivity index (χ2v) is 6.92. The van der Waals surface area contributed by atoms with E-state index in [1.165, 1.54) is 0 Å². The Bertz CT molecular complexity index is 998. The van der Waals surface area contributed by atoms with Crippen molar-refractivity contribution >= 4 is 23.2 Å². The maximum absolute atomic E-state index is 12.8. The van der Waals surface area contributed by atoms with Gasteiger partial charge >= 0.3 is 0 Å². The number of carbonyl (C=O) groups excluding carboxylic acids is 1. The Hall–Kier alpha value is -3.44. The highest BCUT2D eigenvalue weighted by atomic mass is 16.5. The number of hydrogen-bond donors (Lipinski definition) is 1. The third kappa shape index (κ3) is 5.53. The van der Waals surface area contributed by atoms with E-state index >= 15 is 0 Å². The number of rotatable bonds is 8. The van der Waals surface area contributed by atoms with Crippen LogP contribution in [0.2, 0.25) is 0 Å². The van der Waals surface area contributed by atoms with Crippen LogP contribution >= 0.6 is 0 Å². The van der Waals surface area contributed by atoms with E-state index in [9.17, 15) is 4.79 Å². The molecule has 0 amide bonds. The van der Waals surface area contributed by atoms with Gasteiger partial charge < -0.3 is 15.0 Å². The van der Waals surface area contributed by atoms with E-state index in [0.717, 1.165) is 22.5 Å². The Morgan fingerprint density at radius 1 is 1.10 bits per heavy atom. The Balaban J connectivity index is 1.84. The fraction of sp³-hybridized carbons (Fsp3) is 0.167.